The van der Waals surface area contributed by atoms with Gasteiger partial charge in [-0.25, -0.2) is 9.97 Å². The van der Waals surface area contributed by atoms with Gasteiger partial charge in [-0.05, 0) is 92.7 Å². The molecule has 3 aliphatic heterocycles. The Morgan fingerprint density at radius 2 is 0.833 bits per heavy atom. The molecule has 0 saturated carbocycles. The molecule has 0 saturated heterocycles. The van der Waals surface area contributed by atoms with Gasteiger partial charge in [-0.3, -0.25) is 15.0 Å². The Balaban J connectivity index is 0.00000301. The van der Waals surface area contributed by atoms with Gasteiger partial charge in [0, 0.05) is 44.5 Å². The van der Waals surface area contributed by atoms with Gasteiger partial charge in [0.1, 0.15) is 17.3 Å². The number of ether oxygens (including phenoxy) is 4. The number of hydrogen-bond acceptors (Lipinski definition) is 12. The normalized spacial score (nSPS) is 11.8. The topological polar surface area (TPSA) is 158 Å². The van der Waals surface area contributed by atoms with E-state index in [4.69, 9.17) is 62.5 Å². The van der Waals surface area contributed by atoms with E-state index in [0.29, 0.717) is 118 Å². The van der Waals surface area contributed by atoms with Crippen molar-refractivity contribution in [3.05, 3.63) is 121 Å². The van der Waals surface area contributed by atoms with Gasteiger partial charge in [-0.15, -0.1) is 0 Å². The first-order valence-electron chi connectivity index (χ1n) is 27.2. The Morgan fingerprint density at radius 1 is 0.423 bits per heavy atom. The van der Waals surface area contributed by atoms with E-state index in [1.54, 1.807) is 0 Å². The molecule has 387 valence electrons. The minimum atomic E-state index is 0.363. The third-order valence-corrected chi connectivity index (χ3v) is 14.5. The molecule has 14 heteroatoms. The van der Waals surface area contributed by atoms with Crippen molar-refractivity contribution in [2.45, 2.75) is 79.1 Å². The van der Waals surface area contributed by atoms with Crippen LogP contribution in [0, 0.1) is 0 Å². The Bertz CT molecular complexity index is 4190. The first kappa shape index (κ1) is 50.6. The van der Waals surface area contributed by atoms with Gasteiger partial charge in [0.15, 0.2) is 5.82 Å². The molecule has 0 N–H and O–H groups in total. The van der Waals surface area contributed by atoms with Crippen LogP contribution in [0.4, 0.5) is 0 Å². The molecular weight excluding hydrogens is 1010 g/mol. The van der Waals surface area contributed by atoms with Crippen molar-refractivity contribution in [2.24, 2.45) is 0 Å². The van der Waals surface area contributed by atoms with Crippen LogP contribution in [0.15, 0.2) is 121 Å². The summed E-state index contributed by atoms with van der Waals surface area (Å²) >= 11 is 1.06. The minimum absolute atomic E-state index is 0.363. The third kappa shape index (κ3) is 8.94. The van der Waals surface area contributed by atoms with E-state index >= 15 is 0 Å². The number of benzene rings is 8. The van der Waals surface area contributed by atoms with Crippen molar-refractivity contribution in [2.75, 3.05) is 26.4 Å². The summed E-state index contributed by atoms with van der Waals surface area (Å²) in [4.78, 5) is 43.7. The molecule has 0 fully saturated rings. The zero-order valence-electron chi connectivity index (χ0n) is 44.1. The Morgan fingerprint density at radius 3 is 1.38 bits per heavy atom. The summed E-state index contributed by atoms with van der Waals surface area (Å²) in [6, 6.07) is 41.7. The van der Waals surface area contributed by atoms with Crippen molar-refractivity contribution >= 4 is 65.2 Å². The van der Waals surface area contributed by atoms with Gasteiger partial charge >= 0.3 is 21.0 Å². The van der Waals surface area contributed by atoms with E-state index < -0.39 is 0 Å². The molecule has 8 aromatic carbocycles. The Hall–Kier alpha value is -8.26. The van der Waals surface area contributed by atoms with Crippen LogP contribution in [0.3, 0.4) is 0 Å². The van der Waals surface area contributed by atoms with Crippen LogP contribution >= 0.6 is 0 Å². The number of unbranched alkanes of at least 4 members (excludes halogenated alkanes) is 4. The van der Waals surface area contributed by atoms with Gasteiger partial charge in [0.2, 0.25) is 0 Å². The molecule has 0 atom stereocenters. The molecule has 0 spiro atoms. The molecule has 2 aromatic heterocycles. The van der Waals surface area contributed by atoms with Crippen molar-refractivity contribution in [3.63, 3.8) is 0 Å². The van der Waals surface area contributed by atoms with Gasteiger partial charge in [0.05, 0.1) is 66.4 Å². The fraction of sp³-hybridized carbons (Fsp3) is 0.250. The van der Waals surface area contributed by atoms with E-state index in [9.17, 15) is 0 Å². The molecule has 10 aromatic rings. The molecule has 0 unspecified atom stereocenters. The van der Waals surface area contributed by atoms with Crippen molar-refractivity contribution in [1.82, 2.24) is 39.9 Å². The van der Waals surface area contributed by atoms with E-state index in [1.165, 1.54) is 0 Å². The number of fused-ring (bicyclic) bond motifs is 24. The summed E-state index contributed by atoms with van der Waals surface area (Å²) in [6.45, 7) is 10.6. The molecule has 0 radical (unpaired) electrons. The van der Waals surface area contributed by atoms with Gasteiger partial charge in [0.25, 0.3) is 0 Å². The maximum atomic E-state index is 8.19. The van der Waals surface area contributed by atoms with Crippen LogP contribution in [0.2, 0.25) is 0 Å². The second kappa shape index (κ2) is 22.0. The van der Waals surface area contributed by atoms with E-state index in [-0.39, 0.29) is 0 Å². The summed E-state index contributed by atoms with van der Waals surface area (Å²) < 4.78 is 36.0. The summed E-state index contributed by atoms with van der Waals surface area (Å²) in [5.41, 5.74) is 5.39. The Labute approximate surface area is 460 Å². The molecule has 0 aliphatic carbocycles. The monoisotopic (exact) mass is 1070 g/mol. The standard InChI is InChI=1S/C64H56N8O4.O.V/c1-5-9-29-73-53-41-25-17-19-27-43(41)55(75-31-11-7-3)51-49(53)61-68-59-47-35-39-23-15-13-21-37(39)33-45(47)57(66-59)65-58-46-34-38-22-14-16-24-40(38)36-48(46)60(67-58)69-62-50-52(64(71-62)72-63(51)70-61)56(76-32-12-8-4)44-28-20-18-26-42(44)54(50)74-30-10-6-2;;/h13-28,33-36H,5-12,29-32H2,1-4H3;;/q-2;;+2. The molecular formula is C64H56N8O5V. The van der Waals surface area contributed by atoms with E-state index in [1.807, 2.05) is 48.5 Å². The summed E-state index contributed by atoms with van der Waals surface area (Å²) in [6.07, 6.45) is 7.21. The van der Waals surface area contributed by atoms with Crippen molar-refractivity contribution in [3.8, 4) is 91.3 Å². The van der Waals surface area contributed by atoms with E-state index in [0.717, 1.165) is 134 Å². The first-order valence-corrected chi connectivity index (χ1v) is 27.7. The van der Waals surface area contributed by atoms with Crippen LogP contribution in [0.5, 0.6) is 23.0 Å². The third-order valence-electron chi connectivity index (χ3n) is 14.5. The number of aromatic nitrogens is 8. The predicted molar refractivity (Wildman–Crippen MR) is 305 cm³/mol. The molecule has 78 heavy (non-hydrogen) atoms. The van der Waals surface area contributed by atoms with Gasteiger partial charge < -0.3 is 33.9 Å². The van der Waals surface area contributed by atoms with Crippen molar-refractivity contribution in [1.29, 1.82) is 0 Å². The molecule has 3 aliphatic rings. The zero-order valence-corrected chi connectivity index (χ0v) is 45.5. The fourth-order valence-corrected chi connectivity index (χ4v) is 10.6. The number of nitrogens with zero attached hydrogens (tertiary/aromatic N) is 8. The van der Waals surface area contributed by atoms with Crippen LogP contribution in [-0.4, -0.2) is 61.3 Å². The molecule has 0 amide bonds. The maximum absolute atomic E-state index is 8.19. The second-order valence-electron chi connectivity index (χ2n) is 19.7. The quantitative estimate of drug-likeness (QED) is 0.0665. The Kier molecular flexibility index (Phi) is 14.3. The predicted octanol–water partition coefficient (Wildman–Crippen LogP) is 15.4. The summed E-state index contributed by atoms with van der Waals surface area (Å²) in [5, 5.41) is 9.09. The van der Waals surface area contributed by atoms with Gasteiger partial charge in [-0.1, -0.05) is 157 Å². The zero-order chi connectivity index (χ0) is 53.3. The summed E-state index contributed by atoms with van der Waals surface area (Å²) in [7, 11) is 0. The SMILES string of the molecule is CCCCOc1c2c(c(OCCCC)c3ccccc13)-c1nc-2nc2n[c-](nc3nc(nc4nc([n-]1)-c1cc5ccccc5cc1-4)-c1cc4ccccc4cc1-3)c1c(OCCCC)c3ccccc3c(OCCCC)c21.[O]=[V+2]. The van der Waals surface area contributed by atoms with Crippen LogP contribution in [0.1, 0.15) is 79.1 Å². The number of hydrogen-bond donors (Lipinski definition) is 0. The molecule has 5 heterocycles. The second-order valence-corrected chi connectivity index (χ2v) is 19.7. The molecule has 8 bridgehead atoms. The average Bonchev–Trinajstić information content (AvgIpc) is 4.23. The van der Waals surface area contributed by atoms with E-state index in [2.05, 4.69) is 100 Å². The first-order chi connectivity index (χ1) is 38.5. The van der Waals surface area contributed by atoms with Crippen LogP contribution in [-0.2, 0) is 21.0 Å². The molecule has 13 nitrogen and oxygen atoms in total. The number of rotatable bonds is 16. The van der Waals surface area contributed by atoms with Crippen molar-refractivity contribution < 1.29 is 40.0 Å². The van der Waals surface area contributed by atoms with Crippen LogP contribution in [0.25, 0.3) is 133 Å². The fourth-order valence-electron chi connectivity index (χ4n) is 10.6. The summed E-state index contributed by atoms with van der Waals surface area (Å²) in [5.74, 6) is 5.22. The van der Waals surface area contributed by atoms with Crippen LogP contribution < -0.4 is 23.9 Å². The van der Waals surface area contributed by atoms with Gasteiger partial charge in [-0.2, -0.15) is 0 Å². The molecule has 13 rings (SSSR count). The average molecular weight is 1070 g/mol.